The molecule has 0 unspecified atom stereocenters. The smallest absolute Gasteiger partial charge is 0.271 e. The summed E-state index contributed by atoms with van der Waals surface area (Å²) in [5, 5.41) is 10.1. The quantitative estimate of drug-likeness (QED) is 0.605. The molecule has 1 saturated heterocycles. The Morgan fingerprint density at radius 3 is 2.77 bits per heavy atom. The molecule has 0 saturated carbocycles. The third-order valence-electron chi connectivity index (χ3n) is 5.29. The highest BCUT2D eigenvalue weighted by Crippen LogP contribution is 2.24. The van der Waals surface area contributed by atoms with Crippen LogP contribution in [0.3, 0.4) is 0 Å². The zero-order valence-corrected chi connectivity index (χ0v) is 18.1. The minimum atomic E-state index is -0.241. The maximum absolute atomic E-state index is 13.0. The molecule has 1 aliphatic heterocycles. The largest absolute Gasteiger partial charge is 0.337 e. The van der Waals surface area contributed by atoms with Crippen molar-refractivity contribution >= 4 is 33.4 Å². The fourth-order valence-corrected chi connectivity index (χ4v) is 3.86. The molecule has 2 N–H and O–H groups in total. The standard InChI is InChI=1S/C22H22BrN5O2/c1-14-11-17(4-5-18(14)23)25-21(29)16-3-2-10-28(13-16)22(30)20-12-19(26-27-20)15-6-8-24-9-7-15/h4-9,11-12,16H,2-3,10,13H2,1H3,(H,25,29)(H,26,27)/t16-/m0/s1. The minimum absolute atomic E-state index is 0.0590. The van der Waals surface area contributed by atoms with Crippen molar-refractivity contribution in [1.29, 1.82) is 0 Å². The molecular weight excluding hydrogens is 446 g/mol. The molecule has 3 heterocycles. The van der Waals surface area contributed by atoms with Gasteiger partial charge in [0.25, 0.3) is 5.91 Å². The van der Waals surface area contributed by atoms with E-state index in [1.165, 1.54) is 0 Å². The topological polar surface area (TPSA) is 91.0 Å². The lowest BCUT2D eigenvalue weighted by molar-refractivity contribution is -0.121. The number of anilines is 1. The molecule has 30 heavy (non-hydrogen) atoms. The molecule has 7 nitrogen and oxygen atoms in total. The average Bonchev–Trinajstić information content (AvgIpc) is 3.27. The van der Waals surface area contributed by atoms with Crippen LogP contribution in [-0.2, 0) is 4.79 Å². The third-order valence-corrected chi connectivity index (χ3v) is 6.18. The van der Waals surface area contributed by atoms with Crippen LogP contribution in [0, 0.1) is 12.8 Å². The molecule has 0 bridgehead atoms. The molecule has 8 heteroatoms. The van der Waals surface area contributed by atoms with Crippen molar-refractivity contribution in [2.45, 2.75) is 19.8 Å². The first-order valence-electron chi connectivity index (χ1n) is 9.83. The number of rotatable bonds is 4. The summed E-state index contributed by atoms with van der Waals surface area (Å²) in [6, 6.07) is 11.1. The van der Waals surface area contributed by atoms with Crippen LogP contribution in [0.15, 0.2) is 53.3 Å². The SMILES string of the molecule is Cc1cc(NC(=O)[C@H]2CCCN(C(=O)c3cc(-c4ccncc4)n[nH]3)C2)ccc1Br. The minimum Gasteiger partial charge on any atom is -0.337 e. The summed E-state index contributed by atoms with van der Waals surface area (Å²) in [6.45, 7) is 3.00. The van der Waals surface area contributed by atoms with Gasteiger partial charge in [0.2, 0.25) is 5.91 Å². The first-order valence-corrected chi connectivity index (χ1v) is 10.6. The molecule has 3 aromatic rings. The fourth-order valence-electron chi connectivity index (χ4n) is 3.61. The highest BCUT2D eigenvalue weighted by Gasteiger charge is 2.29. The highest BCUT2D eigenvalue weighted by atomic mass is 79.9. The number of pyridine rings is 1. The van der Waals surface area contributed by atoms with E-state index in [1.807, 2.05) is 37.3 Å². The number of carbonyl (C=O) groups is 2. The molecule has 1 atom stereocenters. The third kappa shape index (κ3) is 4.43. The van der Waals surface area contributed by atoms with Gasteiger partial charge in [-0.05, 0) is 61.7 Å². The van der Waals surface area contributed by atoms with Gasteiger partial charge in [-0.15, -0.1) is 0 Å². The second-order valence-electron chi connectivity index (χ2n) is 7.45. The number of aromatic nitrogens is 3. The molecule has 0 aliphatic carbocycles. The van der Waals surface area contributed by atoms with Crippen molar-refractivity contribution in [2.75, 3.05) is 18.4 Å². The summed E-state index contributed by atoms with van der Waals surface area (Å²) < 4.78 is 1.00. The molecule has 2 aromatic heterocycles. The van der Waals surface area contributed by atoms with Crippen molar-refractivity contribution in [3.8, 4) is 11.3 Å². The van der Waals surface area contributed by atoms with E-state index >= 15 is 0 Å². The lowest BCUT2D eigenvalue weighted by Crippen LogP contribution is -2.43. The second-order valence-corrected chi connectivity index (χ2v) is 8.30. The van der Waals surface area contributed by atoms with Crippen LogP contribution in [0.25, 0.3) is 11.3 Å². The van der Waals surface area contributed by atoms with Gasteiger partial charge in [-0.3, -0.25) is 19.7 Å². The van der Waals surface area contributed by atoms with Crippen LogP contribution in [0.2, 0.25) is 0 Å². The molecule has 1 aliphatic rings. The Balaban J connectivity index is 1.42. The molecular formula is C22H22BrN5O2. The predicted molar refractivity (Wildman–Crippen MR) is 118 cm³/mol. The number of aryl methyl sites for hydroxylation is 1. The van der Waals surface area contributed by atoms with Gasteiger partial charge in [0.1, 0.15) is 5.69 Å². The molecule has 154 valence electrons. The van der Waals surface area contributed by atoms with Gasteiger partial charge in [0.05, 0.1) is 11.6 Å². The maximum Gasteiger partial charge on any atom is 0.271 e. The summed E-state index contributed by atoms with van der Waals surface area (Å²) in [6.07, 6.45) is 4.92. The van der Waals surface area contributed by atoms with Crippen molar-refractivity contribution in [3.63, 3.8) is 0 Å². The van der Waals surface area contributed by atoms with Crippen molar-refractivity contribution in [1.82, 2.24) is 20.1 Å². The van der Waals surface area contributed by atoms with E-state index in [0.29, 0.717) is 24.5 Å². The summed E-state index contributed by atoms with van der Waals surface area (Å²) >= 11 is 3.47. The number of piperidine rings is 1. The van der Waals surface area contributed by atoms with Crippen LogP contribution >= 0.6 is 15.9 Å². The Morgan fingerprint density at radius 2 is 2.00 bits per heavy atom. The van der Waals surface area contributed by atoms with E-state index in [9.17, 15) is 9.59 Å². The van der Waals surface area contributed by atoms with Crippen LogP contribution in [0.4, 0.5) is 5.69 Å². The molecule has 1 fully saturated rings. The zero-order chi connectivity index (χ0) is 21.1. The zero-order valence-electron chi connectivity index (χ0n) is 16.6. The number of nitrogens with one attached hydrogen (secondary N) is 2. The van der Waals surface area contributed by atoms with Gasteiger partial charge >= 0.3 is 0 Å². The van der Waals surface area contributed by atoms with Crippen LogP contribution in [0.5, 0.6) is 0 Å². The lowest BCUT2D eigenvalue weighted by Gasteiger charge is -2.31. The van der Waals surface area contributed by atoms with Gasteiger partial charge in [-0.2, -0.15) is 5.10 Å². The van der Waals surface area contributed by atoms with E-state index in [-0.39, 0.29) is 17.7 Å². The first-order chi connectivity index (χ1) is 14.5. The number of hydrogen-bond donors (Lipinski definition) is 2. The summed E-state index contributed by atoms with van der Waals surface area (Å²) in [5.74, 6) is -0.439. The Labute approximate surface area is 183 Å². The van der Waals surface area contributed by atoms with Crippen LogP contribution in [-0.4, -0.2) is 45.0 Å². The lowest BCUT2D eigenvalue weighted by atomic mass is 9.96. The summed E-state index contributed by atoms with van der Waals surface area (Å²) in [7, 11) is 0. The van der Waals surface area contributed by atoms with E-state index in [4.69, 9.17) is 0 Å². The Hall–Kier alpha value is -3.00. The monoisotopic (exact) mass is 467 g/mol. The van der Waals surface area contributed by atoms with Crippen molar-refractivity contribution < 1.29 is 9.59 Å². The molecule has 0 spiro atoms. The van der Waals surface area contributed by atoms with E-state index < -0.39 is 0 Å². The molecule has 4 rings (SSSR count). The van der Waals surface area contributed by atoms with Crippen LogP contribution in [0.1, 0.15) is 28.9 Å². The van der Waals surface area contributed by atoms with Gasteiger partial charge in [-0.1, -0.05) is 15.9 Å². The van der Waals surface area contributed by atoms with Gasteiger partial charge in [0, 0.05) is 41.2 Å². The van der Waals surface area contributed by atoms with Gasteiger partial charge in [0.15, 0.2) is 0 Å². The number of hydrogen-bond acceptors (Lipinski definition) is 4. The number of carbonyl (C=O) groups excluding carboxylic acids is 2. The van der Waals surface area contributed by atoms with E-state index in [2.05, 4.69) is 36.4 Å². The predicted octanol–water partition coefficient (Wildman–Crippen LogP) is 4.03. The number of benzene rings is 1. The second kappa shape index (κ2) is 8.79. The van der Waals surface area contributed by atoms with E-state index in [1.54, 1.807) is 23.4 Å². The number of amides is 2. The number of halogens is 1. The normalized spacial score (nSPS) is 16.3. The number of likely N-dealkylation sites (tertiary alicyclic amines) is 1. The fraction of sp³-hybridized carbons (Fsp3) is 0.273. The van der Waals surface area contributed by atoms with Crippen molar-refractivity contribution in [3.05, 3.63) is 64.5 Å². The van der Waals surface area contributed by atoms with Crippen molar-refractivity contribution in [2.24, 2.45) is 5.92 Å². The highest BCUT2D eigenvalue weighted by molar-refractivity contribution is 9.10. The Morgan fingerprint density at radius 1 is 1.20 bits per heavy atom. The summed E-state index contributed by atoms with van der Waals surface area (Å²) in [4.78, 5) is 31.5. The maximum atomic E-state index is 13.0. The number of aromatic amines is 1. The molecule has 2 amide bonds. The number of nitrogens with zero attached hydrogens (tertiary/aromatic N) is 3. The Kier molecular flexibility index (Phi) is 5.94. The van der Waals surface area contributed by atoms with Gasteiger partial charge < -0.3 is 10.2 Å². The number of H-pyrrole nitrogens is 1. The molecule has 0 radical (unpaired) electrons. The average molecular weight is 468 g/mol. The summed E-state index contributed by atoms with van der Waals surface area (Å²) in [5.41, 5.74) is 3.82. The van der Waals surface area contributed by atoms with E-state index in [0.717, 1.165) is 34.1 Å². The first kappa shape index (κ1) is 20.3. The van der Waals surface area contributed by atoms with Crippen LogP contribution < -0.4 is 5.32 Å². The molecule has 1 aromatic carbocycles. The Bertz CT molecular complexity index is 1070. The van der Waals surface area contributed by atoms with Gasteiger partial charge in [-0.25, -0.2) is 0 Å².